The topological polar surface area (TPSA) is 38.0 Å². The van der Waals surface area contributed by atoms with Gasteiger partial charge in [0.1, 0.15) is 10.8 Å². The van der Waals surface area contributed by atoms with Crippen LogP contribution in [0, 0.1) is 5.82 Å². The maximum absolute atomic E-state index is 14.0. The van der Waals surface area contributed by atoms with Gasteiger partial charge in [-0.05, 0) is 36.1 Å². The third kappa shape index (κ3) is 3.22. The number of halogens is 1. The van der Waals surface area contributed by atoms with Gasteiger partial charge < -0.3 is 11.1 Å². The van der Waals surface area contributed by atoms with E-state index in [0.29, 0.717) is 5.69 Å². The van der Waals surface area contributed by atoms with E-state index >= 15 is 0 Å². The van der Waals surface area contributed by atoms with Crippen LogP contribution in [-0.2, 0) is 12.8 Å². The molecule has 0 saturated carbocycles. The van der Waals surface area contributed by atoms with Crippen molar-refractivity contribution in [2.45, 2.75) is 26.7 Å². The molecule has 0 spiro atoms. The summed E-state index contributed by atoms with van der Waals surface area (Å²) in [6.45, 7) is 4.19. The number of thiocarbonyl (C=S) groups is 1. The molecule has 2 aromatic carbocycles. The van der Waals surface area contributed by atoms with Gasteiger partial charge in [0.05, 0.1) is 11.3 Å². The van der Waals surface area contributed by atoms with Crippen LogP contribution in [0.25, 0.3) is 0 Å². The predicted octanol–water partition coefficient (Wildman–Crippen LogP) is 4.33. The Morgan fingerprint density at radius 2 is 1.67 bits per heavy atom. The van der Waals surface area contributed by atoms with Crippen LogP contribution >= 0.6 is 12.2 Å². The van der Waals surface area contributed by atoms with Gasteiger partial charge in [-0.3, -0.25) is 0 Å². The molecule has 0 aromatic heterocycles. The molecule has 2 aromatic rings. The van der Waals surface area contributed by atoms with Gasteiger partial charge in [0.15, 0.2) is 0 Å². The first-order valence-electron chi connectivity index (χ1n) is 7.04. The number of benzene rings is 2. The zero-order chi connectivity index (χ0) is 15.4. The summed E-state index contributed by atoms with van der Waals surface area (Å²) in [5.41, 5.74) is 9.93. The summed E-state index contributed by atoms with van der Waals surface area (Å²) in [4.78, 5) is 0.0580. The molecule has 0 aliphatic carbocycles. The molecule has 0 bridgehead atoms. The van der Waals surface area contributed by atoms with Crippen LogP contribution in [0.5, 0.6) is 0 Å². The van der Waals surface area contributed by atoms with E-state index in [1.165, 1.54) is 17.2 Å². The fraction of sp³-hybridized carbons (Fsp3) is 0.235. The van der Waals surface area contributed by atoms with Gasteiger partial charge in [0.2, 0.25) is 0 Å². The number of aryl methyl sites for hydroxylation is 2. The smallest absolute Gasteiger partial charge is 0.135 e. The van der Waals surface area contributed by atoms with Gasteiger partial charge >= 0.3 is 0 Å². The number of para-hydroxylation sites is 1. The molecular weight excluding hydrogens is 283 g/mol. The third-order valence-electron chi connectivity index (χ3n) is 3.52. The lowest BCUT2D eigenvalue weighted by Gasteiger charge is -2.18. The van der Waals surface area contributed by atoms with Crippen LogP contribution in [0.15, 0.2) is 36.4 Å². The normalized spacial score (nSPS) is 10.4. The van der Waals surface area contributed by atoms with E-state index in [-0.39, 0.29) is 10.6 Å². The molecule has 0 saturated heterocycles. The second-order valence-electron chi connectivity index (χ2n) is 4.81. The van der Waals surface area contributed by atoms with Crippen molar-refractivity contribution in [1.29, 1.82) is 0 Å². The number of hydrogen-bond acceptors (Lipinski definition) is 2. The van der Waals surface area contributed by atoms with Crippen LogP contribution in [0.4, 0.5) is 15.8 Å². The summed E-state index contributed by atoms with van der Waals surface area (Å²) in [7, 11) is 0. The molecule has 4 heteroatoms. The summed E-state index contributed by atoms with van der Waals surface area (Å²) in [6, 6.07) is 11.0. The first kappa shape index (κ1) is 15.4. The number of rotatable bonds is 5. The minimum Gasteiger partial charge on any atom is -0.389 e. The summed E-state index contributed by atoms with van der Waals surface area (Å²) < 4.78 is 14.0. The zero-order valence-corrected chi connectivity index (χ0v) is 13.1. The summed E-state index contributed by atoms with van der Waals surface area (Å²) in [5, 5.41) is 3.33. The second-order valence-corrected chi connectivity index (χ2v) is 5.25. The molecule has 2 nitrogen and oxygen atoms in total. The van der Waals surface area contributed by atoms with Crippen molar-refractivity contribution in [3.05, 3.63) is 58.9 Å². The molecule has 0 aliphatic rings. The van der Waals surface area contributed by atoms with Crippen molar-refractivity contribution >= 4 is 28.6 Å². The SMILES string of the molecule is CCc1cccc(CC)c1Nc1cccc(F)c1C(N)=S. The lowest BCUT2D eigenvalue weighted by molar-refractivity contribution is 0.626. The zero-order valence-electron chi connectivity index (χ0n) is 12.2. The highest BCUT2D eigenvalue weighted by Gasteiger charge is 2.13. The van der Waals surface area contributed by atoms with Crippen molar-refractivity contribution in [3.8, 4) is 0 Å². The van der Waals surface area contributed by atoms with E-state index in [1.54, 1.807) is 12.1 Å². The Morgan fingerprint density at radius 1 is 1.10 bits per heavy atom. The number of anilines is 2. The molecule has 2 rings (SSSR count). The Balaban J connectivity index is 2.53. The monoisotopic (exact) mass is 302 g/mol. The highest BCUT2D eigenvalue weighted by atomic mass is 32.1. The van der Waals surface area contributed by atoms with Crippen molar-refractivity contribution < 1.29 is 4.39 Å². The lowest BCUT2D eigenvalue weighted by Crippen LogP contribution is -2.14. The Kier molecular flexibility index (Phi) is 4.91. The van der Waals surface area contributed by atoms with Crippen molar-refractivity contribution in [2.24, 2.45) is 5.73 Å². The van der Waals surface area contributed by atoms with Gasteiger partial charge in [-0.2, -0.15) is 0 Å². The molecule has 3 N–H and O–H groups in total. The van der Waals surface area contributed by atoms with Gasteiger partial charge in [0, 0.05) is 5.69 Å². The quantitative estimate of drug-likeness (QED) is 0.807. The van der Waals surface area contributed by atoms with Crippen LogP contribution in [0.2, 0.25) is 0 Å². The van der Waals surface area contributed by atoms with Gasteiger partial charge in [-0.15, -0.1) is 0 Å². The molecule has 0 heterocycles. The highest BCUT2D eigenvalue weighted by Crippen LogP contribution is 2.29. The number of nitrogens with one attached hydrogen (secondary N) is 1. The third-order valence-corrected chi connectivity index (χ3v) is 3.72. The Bertz CT molecular complexity index is 646. The minimum atomic E-state index is -0.403. The summed E-state index contributed by atoms with van der Waals surface area (Å²) >= 11 is 4.97. The largest absolute Gasteiger partial charge is 0.389 e. The molecule has 0 unspecified atom stereocenters. The Hall–Kier alpha value is -1.94. The van der Waals surface area contributed by atoms with E-state index in [1.807, 2.05) is 6.07 Å². The molecule has 0 fully saturated rings. The van der Waals surface area contributed by atoms with Gasteiger partial charge in [-0.1, -0.05) is 50.3 Å². The molecule has 0 aliphatic heterocycles. The van der Waals surface area contributed by atoms with E-state index < -0.39 is 5.82 Å². The first-order valence-corrected chi connectivity index (χ1v) is 7.45. The first-order chi connectivity index (χ1) is 10.1. The molecule has 0 amide bonds. The standard InChI is InChI=1S/C17H19FN2S/c1-3-11-7-5-8-12(4-2)16(11)20-14-10-6-9-13(18)15(14)17(19)21/h5-10,20H,3-4H2,1-2H3,(H2,19,21). The second kappa shape index (κ2) is 6.68. The maximum Gasteiger partial charge on any atom is 0.135 e. The minimum absolute atomic E-state index is 0.0580. The fourth-order valence-electron chi connectivity index (χ4n) is 2.42. The van der Waals surface area contributed by atoms with E-state index in [2.05, 4.69) is 31.3 Å². The average molecular weight is 302 g/mol. The van der Waals surface area contributed by atoms with Crippen LogP contribution in [0.3, 0.4) is 0 Å². The number of hydrogen-bond donors (Lipinski definition) is 2. The molecule has 21 heavy (non-hydrogen) atoms. The Labute approximate surface area is 130 Å². The van der Waals surface area contributed by atoms with Crippen molar-refractivity contribution in [2.75, 3.05) is 5.32 Å². The summed E-state index contributed by atoms with van der Waals surface area (Å²) in [5.74, 6) is -0.403. The van der Waals surface area contributed by atoms with E-state index in [9.17, 15) is 4.39 Å². The average Bonchev–Trinajstić information content (AvgIpc) is 2.47. The van der Waals surface area contributed by atoms with Crippen LogP contribution < -0.4 is 11.1 Å². The van der Waals surface area contributed by atoms with E-state index in [4.69, 9.17) is 18.0 Å². The van der Waals surface area contributed by atoms with Gasteiger partial charge in [-0.25, -0.2) is 4.39 Å². The lowest BCUT2D eigenvalue weighted by atomic mass is 10.0. The highest BCUT2D eigenvalue weighted by molar-refractivity contribution is 7.80. The predicted molar refractivity (Wildman–Crippen MR) is 90.8 cm³/mol. The fourth-order valence-corrected chi connectivity index (χ4v) is 2.62. The van der Waals surface area contributed by atoms with E-state index in [0.717, 1.165) is 18.5 Å². The van der Waals surface area contributed by atoms with Crippen LogP contribution in [-0.4, -0.2) is 4.99 Å². The molecule has 0 atom stereocenters. The molecule has 110 valence electrons. The van der Waals surface area contributed by atoms with Gasteiger partial charge in [0.25, 0.3) is 0 Å². The maximum atomic E-state index is 14.0. The summed E-state index contributed by atoms with van der Waals surface area (Å²) in [6.07, 6.45) is 1.79. The van der Waals surface area contributed by atoms with Crippen LogP contribution in [0.1, 0.15) is 30.5 Å². The molecule has 0 radical (unpaired) electrons. The molecular formula is C17H19FN2S. The Morgan fingerprint density at radius 3 is 2.19 bits per heavy atom. The van der Waals surface area contributed by atoms with Crippen molar-refractivity contribution in [3.63, 3.8) is 0 Å². The number of nitrogens with two attached hydrogens (primary N) is 1. The van der Waals surface area contributed by atoms with Crippen molar-refractivity contribution in [1.82, 2.24) is 0 Å².